The average Bonchev–Trinajstić information content (AvgIpc) is 1.98. The third-order valence-electron chi connectivity index (χ3n) is 1.30. The summed E-state index contributed by atoms with van der Waals surface area (Å²) in [7, 11) is 0. The summed E-state index contributed by atoms with van der Waals surface area (Å²) in [6.07, 6.45) is 0. The quantitative estimate of drug-likeness (QED) is 0.570. The summed E-state index contributed by atoms with van der Waals surface area (Å²) >= 11 is 6.39. The van der Waals surface area contributed by atoms with E-state index in [-0.39, 0.29) is 5.82 Å². The Hall–Kier alpha value is -0.250. The smallest absolute Gasteiger partial charge is 0.127 e. The van der Waals surface area contributed by atoms with Crippen LogP contribution in [0, 0.1) is 12.7 Å². The fourth-order valence-electron chi connectivity index (χ4n) is 0.682. The summed E-state index contributed by atoms with van der Waals surface area (Å²) in [6.45, 7) is 1.72. The molecule has 4 heteroatoms. The maximum Gasteiger partial charge on any atom is 0.127 e. The number of halogens is 2. The molecule has 0 radical (unpaired) electrons. The Balaban J connectivity index is 2.86. The zero-order valence-corrected chi connectivity index (χ0v) is 7.47. The zero-order valence-electron chi connectivity index (χ0n) is 5.90. The minimum atomic E-state index is -0.207. The van der Waals surface area contributed by atoms with E-state index in [0.29, 0.717) is 5.56 Å². The third kappa shape index (κ3) is 2.36. The predicted octanol–water partition coefficient (Wildman–Crippen LogP) is 2.88. The lowest BCUT2D eigenvalue weighted by Crippen LogP contribution is -1.85. The molecule has 1 rings (SSSR count). The molecule has 11 heavy (non-hydrogen) atoms. The van der Waals surface area contributed by atoms with Crippen LogP contribution in [0.5, 0.6) is 0 Å². The van der Waals surface area contributed by atoms with E-state index in [4.69, 9.17) is 11.8 Å². The Labute approximate surface area is 74.2 Å². The predicted molar refractivity (Wildman–Crippen MR) is 46.0 cm³/mol. The van der Waals surface area contributed by atoms with Crippen LogP contribution in [0.3, 0.4) is 0 Å². The number of rotatable bonds is 2. The summed E-state index contributed by atoms with van der Waals surface area (Å²) in [4.78, 5) is 0.767. The van der Waals surface area contributed by atoms with Gasteiger partial charge in [0.25, 0.3) is 0 Å². The number of hydrogen-bond donors (Lipinski definition) is 1. The normalized spacial score (nSPS) is 10.1. The maximum atomic E-state index is 12.8. The number of benzene rings is 1. The highest BCUT2D eigenvalue weighted by atomic mass is 35.5. The third-order valence-corrected chi connectivity index (χ3v) is 2.10. The molecule has 0 saturated carbocycles. The van der Waals surface area contributed by atoms with E-state index in [1.165, 1.54) is 18.0 Å². The molecule has 0 saturated heterocycles. The molecule has 1 aromatic rings. The fraction of sp³-hybridized carbons (Fsp3) is 0.143. The van der Waals surface area contributed by atoms with Crippen LogP contribution in [0.4, 0.5) is 4.39 Å². The number of nitrogens with one attached hydrogen (secondary N) is 1. The summed E-state index contributed by atoms with van der Waals surface area (Å²) < 4.78 is 15.2. The van der Waals surface area contributed by atoms with Crippen LogP contribution in [0.15, 0.2) is 23.1 Å². The molecule has 60 valence electrons. The van der Waals surface area contributed by atoms with E-state index in [9.17, 15) is 4.39 Å². The van der Waals surface area contributed by atoms with Gasteiger partial charge in [-0.15, -0.1) is 0 Å². The minimum Gasteiger partial charge on any atom is -0.207 e. The lowest BCUT2D eigenvalue weighted by atomic mass is 10.2. The molecule has 0 aliphatic rings. The maximum absolute atomic E-state index is 12.8. The van der Waals surface area contributed by atoms with E-state index in [0.717, 1.165) is 4.90 Å². The van der Waals surface area contributed by atoms with Crippen LogP contribution in [0.25, 0.3) is 0 Å². The molecule has 0 amide bonds. The largest absolute Gasteiger partial charge is 0.207 e. The molecule has 0 aliphatic carbocycles. The van der Waals surface area contributed by atoms with Gasteiger partial charge in [0.2, 0.25) is 0 Å². The Kier molecular flexibility index (Phi) is 3.17. The molecule has 0 atom stereocenters. The van der Waals surface area contributed by atoms with Crippen molar-refractivity contribution in [1.29, 1.82) is 0 Å². The van der Waals surface area contributed by atoms with Crippen molar-refractivity contribution in [3.8, 4) is 0 Å². The molecule has 1 N–H and O–H groups in total. The lowest BCUT2D eigenvalue weighted by Gasteiger charge is -1.99. The van der Waals surface area contributed by atoms with Gasteiger partial charge >= 0.3 is 0 Å². The molecule has 0 spiro atoms. The second kappa shape index (κ2) is 3.95. The highest BCUT2D eigenvalue weighted by molar-refractivity contribution is 7.98. The molecule has 0 heterocycles. The van der Waals surface area contributed by atoms with E-state index in [1.807, 2.05) is 0 Å². The summed E-state index contributed by atoms with van der Waals surface area (Å²) in [5, 5.41) is 0. The van der Waals surface area contributed by atoms with Crippen LogP contribution in [-0.4, -0.2) is 0 Å². The van der Waals surface area contributed by atoms with Gasteiger partial charge in [0, 0.05) is 4.90 Å². The van der Waals surface area contributed by atoms with Crippen LogP contribution in [-0.2, 0) is 0 Å². The van der Waals surface area contributed by atoms with E-state index >= 15 is 0 Å². The second-order valence-corrected chi connectivity index (χ2v) is 3.38. The van der Waals surface area contributed by atoms with Crippen LogP contribution >= 0.6 is 23.7 Å². The first-order valence-electron chi connectivity index (χ1n) is 3.02. The van der Waals surface area contributed by atoms with Crippen molar-refractivity contribution < 1.29 is 4.39 Å². The van der Waals surface area contributed by atoms with E-state index < -0.39 is 0 Å². The standard InChI is InChI=1S/C7H7ClFNS/c1-5-2-3-6(11-10-8)4-7(5)9/h2-4,10H,1H3. The average molecular weight is 192 g/mol. The first-order valence-corrected chi connectivity index (χ1v) is 4.22. The summed E-state index contributed by atoms with van der Waals surface area (Å²) in [5.74, 6) is -0.207. The van der Waals surface area contributed by atoms with Gasteiger partial charge in [0.05, 0.1) is 0 Å². The number of hydrogen-bond acceptors (Lipinski definition) is 2. The van der Waals surface area contributed by atoms with Gasteiger partial charge in [-0.25, -0.2) is 4.39 Å². The van der Waals surface area contributed by atoms with Gasteiger partial charge < -0.3 is 0 Å². The lowest BCUT2D eigenvalue weighted by molar-refractivity contribution is 0.615. The second-order valence-electron chi connectivity index (χ2n) is 2.09. The summed E-state index contributed by atoms with van der Waals surface area (Å²) in [6, 6.07) is 4.96. The molecule has 1 aromatic carbocycles. The van der Waals surface area contributed by atoms with Gasteiger partial charge in [0.15, 0.2) is 0 Å². The Morgan fingerprint density at radius 3 is 2.82 bits per heavy atom. The van der Waals surface area contributed by atoms with Gasteiger partial charge in [-0.3, -0.25) is 0 Å². The van der Waals surface area contributed by atoms with Crippen molar-refractivity contribution in [2.24, 2.45) is 0 Å². The molecular formula is C7H7ClFNS. The molecule has 1 nitrogen and oxygen atoms in total. The molecule has 0 bridgehead atoms. The zero-order chi connectivity index (χ0) is 8.27. The van der Waals surface area contributed by atoms with Gasteiger partial charge in [-0.2, -0.15) is 4.24 Å². The highest BCUT2D eigenvalue weighted by Crippen LogP contribution is 2.17. The Morgan fingerprint density at radius 1 is 1.55 bits per heavy atom. The van der Waals surface area contributed by atoms with Crippen molar-refractivity contribution in [1.82, 2.24) is 4.24 Å². The monoisotopic (exact) mass is 191 g/mol. The van der Waals surface area contributed by atoms with Crippen molar-refractivity contribution >= 4 is 23.7 Å². The SMILES string of the molecule is Cc1ccc(SNCl)cc1F. The number of aryl methyl sites for hydroxylation is 1. The fourth-order valence-corrected chi connectivity index (χ4v) is 1.34. The molecule has 0 aromatic heterocycles. The van der Waals surface area contributed by atoms with Crippen molar-refractivity contribution in [3.63, 3.8) is 0 Å². The van der Waals surface area contributed by atoms with Crippen LogP contribution in [0.1, 0.15) is 5.56 Å². The molecular weight excluding hydrogens is 185 g/mol. The van der Waals surface area contributed by atoms with E-state index in [1.54, 1.807) is 19.1 Å². The van der Waals surface area contributed by atoms with Gasteiger partial charge in [-0.1, -0.05) is 6.07 Å². The Morgan fingerprint density at radius 2 is 2.27 bits per heavy atom. The summed E-state index contributed by atoms with van der Waals surface area (Å²) in [5.41, 5.74) is 0.643. The molecule has 0 aliphatic heterocycles. The van der Waals surface area contributed by atoms with Crippen molar-refractivity contribution in [2.45, 2.75) is 11.8 Å². The Bertz CT molecular complexity index is 254. The van der Waals surface area contributed by atoms with Crippen LogP contribution in [0.2, 0.25) is 0 Å². The first kappa shape index (κ1) is 8.84. The van der Waals surface area contributed by atoms with Crippen molar-refractivity contribution in [3.05, 3.63) is 29.6 Å². The first-order chi connectivity index (χ1) is 5.24. The van der Waals surface area contributed by atoms with Gasteiger partial charge in [0.1, 0.15) is 5.82 Å². The topological polar surface area (TPSA) is 12.0 Å². The highest BCUT2D eigenvalue weighted by Gasteiger charge is 1.98. The minimum absolute atomic E-state index is 0.207. The van der Waals surface area contributed by atoms with Gasteiger partial charge in [-0.05, 0) is 48.3 Å². The van der Waals surface area contributed by atoms with E-state index in [2.05, 4.69) is 4.24 Å². The van der Waals surface area contributed by atoms with Crippen molar-refractivity contribution in [2.75, 3.05) is 0 Å². The molecule has 0 fully saturated rings. The molecule has 0 unspecified atom stereocenters. The van der Waals surface area contributed by atoms with Crippen LogP contribution < -0.4 is 4.24 Å².